The first-order valence-electron chi connectivity index (χ1n) is 8.34. The number of amides is 1. The summed E-state index contributed by atoms with van der Waals surface area (Å²) in [7, 11) is 0. The number of carbonyl (C=O) groups excluding carboxylic acids is 1. The molecule has 0 saturated carbocycles. The topological polar surface area (TPSA) is 63.1 Å². The van der Waals surface area contributed by atoms with Crippen molar-refractivity contribution in [1.82, 2.24) is 14.8 Å². The van der Waals surface area contributed by atoms with E-state index in [1.165, 1.54) is 0 Å². The van der Waals surface area contributed by atoms with Gasteiger partial charge in [0, 0.05) is 17.9 Å². The molecular weight excluding hydrogens is 314 g/mol. The maximum atomic E-state index is 12.7. The second kappa shape index (κ2) is 6.76. The fraction of sp³-hybridized carbons (Fsp3) is 0.211. The van der Waals surface area contributed by atoms with E-state index in [9.17, 15) is 4.79 Å². The molecule has 6 nitrogen and oxygen atoms in total. The highest BCUT2D eigenvalue weighted by Crippen LogP contribution is 2.24. The van der Waals surface area contributed by atoms with E-state index in [4.69, 9.17) is 0 Å². The third kappa shape index (κ3) is 3.38. The van der Waals surface area contributed by atoms with Gasteiger partial charge in [0.1, 0.15) is 18.7 Å². The zero-order valence-electron chi connectivity index (χ0n) is 13.7. The van der Waals surface area contributed by atoms with Gasteiger partial charge < -0.3 is 14.8 Å². The third-order valence-electron chi connectivity index (χ3n) is 4.37. The average Bonchev–Trinajstić information content (AvgIpc) is 3.27. The Balaban J connectivity index is 1.45. The fourth-order valence-electron chi connectivity index (χ4n) is 3.15. The number of hydrogen-bond donors (Lipinski definition) is 1. The second-order valence-electron chi connectivity index (χ2n) is 6.15. The summed E-state index contributed by atoms with van der Waals surface area (Å²) in [6.07, 6.45) is 4.18. The Morgan fingerprint density at radius 1 is 1.04 bits per heavy atom. The van der Waals surface area contributed by atoms with Gasteiger partial charge in [0.15, 0.2) is 0 Å². The normalized spacial score (nSPS) is 17.0. The van der Waals surface area contributed by atoms with Crippen molar-refractivity contribution in [3.63, 3.8) is 0 Å². The van der Waals surface area contributed by atoms with E-state index in [0.29, 0.717) is 6.54 Å². The van der Waals surface area contributed by atoms with Gasteiger partial charge in [-0.05, 0) is 36.2 Å². The van der Waals surface area contributed by atoms with Crippen molar-refractivity contribution < 1.29 is 4.79 Å². The van der Waals surface area contributed by atoms with Crippen LogP contribution in [0.1, 0.15) is 12.0 Å². The summed E-state index contributed by atoms with van der Waals surface area (Å²) in [6.45, 7) is 1.44. The first-order valence-corrected chi connectivity index (χ1v) is 8.34. The lowest BCUT2D eigenvalue weighted by Crippen LogP contribution is -2.33. The number of rotatable bonds is 5. The van der Waals surface area contributed by atoms with Crippen LogP contribution in [0, 0.1) is 0 Å². The molecule has 0 radical (unpaired) electrons. The molecule has 1 aliphatic heterocycles. The zero-order chi connectivity index (χ0) is 17.1. The summed E-state index contributed by atoms with van der Waals surface area (Å²) >= 11 is 0. The van der Waals surface area contributed by atoms with E-state index in [0.717, 1.165) is 29.9 Å². The number of nitrogens with zero attached hydrogens (tertiary/aromatic N) is 4. The summed E-state index contributed by atoms with van der Waals surface area (Å²) in [5.41, 5.74) is 3.05. The molecule has 1 N–H and O–H groups in total. The lowest BCUT2D eigenvalue weighted by molar-refractivity contribution is -0.117. The Labute approximate surface area is 146 Å². The summed E-state index contributed by atoms with van der Waals surface area (Å²) in [6, 6.07) is 17.7. The van der Waals surface area contributed by atoms with E-state index < -0.39 is 0 Å². The van der Waals surface area contributed by atoms with E-state index in [1.807, 2.05) is 51.9 Å². The van der Waals surface area contributed by atoms with Gasteiger partial charge in [-0.3, -0.25) is 4.79 Å². The van der Waals surface area contributed by atoms with E-state index >= 15 is 0 Å². The van der Waals surface area contributed by atoms with Gasteiger partial charge in [0.25, 0.3) is 0 Å². The van der Waals surface area contributed by atoms with Crippen LogP contribution in [0.3, 0.4) is 0 Å². The molecule has 0 aliphatic carbocycles. The van der Waals surface area contributed by atoms with Crippen LogP contribution in [-0.4, -0.2) is 33.3 Å². The molecule has 1 atom stereocenters. The predicted molar refractivity (Wildman–Crippen MR) is 96.4 cm³/mol. The highest BCUT2D eigenvalue weighted by Gasteiger charge is 2.32. The lowest BCUT2D eigenvalue weighted by atomic mass is 10.1. The Bertz CT molecular complexity index is 847. The van der Waals surface area contributed by atoms with Gasteiger partial charge in [-0.15, -0.1) is 10.2 Å². The molecular formula is C19H19N5O. The standard InChI is InChI=1S/C19H19N5O/c25-19-18(9-10-24(19)17-7-2-1-3-8-17)22-16-6-4-5-15(11-16)12-23-13-20-21-14-23/h1-8,11,13-14,18,22H,9-10,12H2/t18-/m0/s1. The quantitative estimate of drug-likeness (QED) is 0.779. The Kier molecular flexibility index (Phi) is 4.16. The molecule has 25 heavy (non-hydrogen) atoms. The minimum Gasteiger partial charge on any atom is -0.374 e. The summed E-state index contributed by atoms with van der Waals surface area (Å²) in [5, 5.41) is 11.0. The van der Waals surface area contributed by atoms with Gasteiger partial charge in [-0.25, -0.2) is 0 Å². The number of benzene rings is 2. The highest BCUT2D eigenvalue weighted by molar-refractivity contribution is 6.01. The molecule has 126 valence electrons. The molecule has 4 rings (SSSR count). The van der Waals surface area contributed by atoms with Crippen molar-refractivity contribution in [2.45, 2.75) is 19.0 Å². The Morgan fingerprint density at radius 2 is 1.84 bits per heavy atom. The Hall–Kier alpha value is -3.15. The molecule has 1 amide bonds. The van der Waals surface area contributed by atoms with Crippen LogP contribution in [0.25, 0.3) is 0 Å². The van der Waals surface area contributed by atoms with Gasteiger partial charge >= 0.3 is 0 Å². The van der Waals surface area contributed by atoms with Gasteiger partial charge in [-0.2, -0.15) is 0 Å². The van der Waals surface area contributed by atoms with E-state index in [1.54, 1.807) is 12.7 Å². The summed E-state index contributed by atoms with van der Waals surface area (Å²) in [4.78, 5) is 14.5. The number of carbonyl (C=O) groups is 1. The molecule has 0 bridgehead atoms. The van der Waals surface area contributed by atoms with Crippen LogP contribution < -0.4 is 10.2 Å². The summed E-state index contributed by atoms with van der Waals surface area (Å²) in [5.74, 6) is 0.121. The largest absolute Gasteiger partial charge is 0.374 e. The van der Waals surface area contributed by atoms with Crippen molar-refractivity contribution >= 4 is 17.3 Å². The molecule has 6 heteroatoms. The first-order chi connectivity index (χ1) is 12.3. The van der Waals surface area contributed by atoms with Gasteiger partial charge in [0.05, 0.1) is 6.54 Å². The van der Waals surface area contributed by atoms with Crippen LogP contribution in [0.4, 0.5) is 11.4 Å². The maximum absolute atomic E-state index is 12.7. The average molecular weight is 333 g/mol. The Morgan fingerprint density at radius 3 is 2.64 bits per heavy atom. The SMILES string of the molecule is O=C1[C@@H](Nc2cccc(Cn3cnnc3)c2)CCN1c1ccccc1. The van der Waals surface area contributed by atoms with Gasteiger partial charge in [0.2, 0.25) is 5.91 Å². The van der Waals surface area contributed by atoms with Crippen LogP contribution >= 0.6 is 0 Å². The van der Waals surface area contributed by atoms with Crippen molar-refractivity contribution in [3.8, 4) is 0 Å². The van der Waals surface area contributed by atoms with E-state index in [2.05, 4.69) is 27.6 Å². The second-order valence-corrected chi connectivity index (χ2v) is 6.15. The maximum Gasteiger partial charge on any atom is 0.249 e. The van der Waals surface area contributed by atoms with Crippen molar-refractivity contribution in [1.29, 1.82) is 0 Å². The molecule has 2 aromatic carbocycles. The van der Waals surface area contributed by atoms with Crippen LogP contribution in [0.15, 0.2) is 67.3 Å². The van der Waals surface area contributed by atoms with Crippen molar-refractivity contribution in [2.75, 3.05) is 16.8 Å². The van der Waals surface area contributed by atoms with Crippen molar-refractivity contribution in [2.24, 2.45) is 0 Å². The molecule has 1 fully saturated rings. The van der Waals surface area contributed by atoms with E-state index in [-0.39, 0.29) is 11.9 Å². The molecule has 2 heterocycles. The molecule has 1 saturated heterocycles. The zero-order valence-corrected chi connectivity index (χ0v) is 13.7. The molecule has 0 spiro atoms. The minimum absolute atomic E-state index is 0.121. The minimum atomic E-state index is -0.189. The number of nitrogens with one attached hydrogen (secondary N) is 1. The van der Waals surface area contributed by atoms with Gasteiger partial charge in [-0.1, -0.05) is 30.3 Å². The molecule has 0 unspecified atom stereocenters. The fourth-order valence-corrected chi connectivity index (χ4v) is 3.15. The lowest BCUT2D eigenvalue weighted by Gasteiger charge is -2.18. The predicted octanol–water partition coefficient (Wildman–Crippen LogP) is 2.54. The molecule has 1 aliphatic rings. The number of anilines is 2. The molecule has 1 aromatic heterocycles. The van der Waals surface area contributed by atoms with Crippen LogP contribution in [0.2, 0.25) is 0 Å². The first kappa shape index (κ1) is 15.4. The van der Waals surface area contributed by atoms with Crippen LogP contribution in [0.5, 0.6) is 0 Å². The number of para-hydroxylation sites is 1. The number of hydrogen-bond acceptors (Lipinski definition) is 4. The monoisotopic (exact) mass is 333 g/mol. The van der Waals surface area contributed by atoms with Crippen molar-refractivity contribution in [3.05, 3.63) is 72.8 Å². The third-order valence-corrected chi connectivity index (χ3v) is 4.37. The molecule has 3 aromatic rings. The highest BCUT2D eigenvalue weighted by atomic mass is 16.2. The smallest absolute Gasteiger partial charge is 0.249 e. The van der Waals surface area contributed by atoms with Crippen LogP contribution in [-0.2, 0) is 11.3 Å². The number of aromatic nitrogens is 3. The summed E-state index contributed by atoms with van der Waals surface area (Å²) < 4.78 is 1.91.